The van der Waals surface area contributed by atoms with E-state index in [9.17, 15) is 24.4 Å². The molecule has 0 saturated carbocycles. The SMILES string of the molecule is C=CC(=O)N1CC[C@H](C(=O)N(C)[C@H](C(=O)N[C@@H](Cn2cc(-c3ccc4c(c3)c(CC(C)(C)COO)c(-c3cccnc3[C@H](C)OC)n4CC)cn2)C(=O)N2CCC[C@@H](C)N2)C(C)C)C1. The van der Waals surface area contributed by atoms with Crippen molar-refractivity contribution in [3.8, 4) is 22.4 Å². The number of amides is 4. The molecule has 16 heteroatoms. The number of hydrogen-bond donors (Lipinski definition) is 3. The third-order valence-corrected chi connectivity index (χ3v) is 12.7. The maximum absolute atomic E-state index is 14.3. The molecule has 2 fully saturated rings. The van der Waals surface area contributed by atoms with E-state index in [1.165, 1.54) is 11.0 Å². The summed E-state index contributed by atoms with van der Waals surface area (Å²) in [4.78, 5) is 67.3. The highest BCUT2D eigenvalue weighted by Crippen LogP contribution is 2.41. The van der Waals surface area contributed by atoms with Gasteiger partial charge in [-0.3, -0.25) is 39.1 Å². The van der Waals surface area contributed by atoms with Gasteiger partial charge in [0.15, 0.2) is 0 Å². The lowest BCUT2D eigenvalue weighted by Crippen LogP contribution is -2.61. The van der Waals surface area contributed by atoms with Crippen LogP contribution in [0.15, 0.2) is 61.6 Å². The summed E-state index contributed by atoms with van der Waals surface area (Å²) in [6.07, 6.45) is 9.22. The maximum atomic E-state index is 14.3. The number of benzene rings is 1. The van der Waals surface area contributed by atoms with Crippen molar-refractivity contribution in [2.45, 2.75) is 111 Å². The number of ether oxygens (including phenoxy) is 1. The van der Waals surface area contributed by atoms with E-state index in [2.05, 4.69) is 66.9 Å². The quantitative estimate of drug-likeness (QED) is 0.0623. The number of pyridine rings is 1. The molecule has 5 atom stereocenters. The van der Waals surface area contributed by atoms with Crippen molar-refractivity contribution >= 4 is 34.5 Å². The van der Waals surface area contributed by atoms with Crippen LogP contribution in [0.2, 0.25) is 0 Å². The number of nitrogens with one attached hydrogen (secondary N) is 2. The van der Waals surface area contributed by atoms with Gasteiger partial charge in [0.1, 0.15) is 12.1 Å². The van der Waals surface area contributed by atoms with Gasteiger partial charge in [-0.05, 0) is 99.3 Å². The fourth-order valence-electron chi connectivity index (χ4n) is 9.37. The van der Waals surface area contributed by atoms with Gasteiger partial charge in [0.05, 0.1) is 42.8 Å². The van der Waals surface area contributed by atoms with Crippen LogP contribution in [-0.2, 0) is 48.3 Å². The summed E-state index contributed by atoms with van der Waals surface area (Å²) in [5, 5.41) is 19.9. The molecule has 0 radical (unpaired) electrons. The van der Waals surface area contributed by atoms with E-state index in [0.29, 0.717) is 32.5 Å². The third kappa shape index (κ3) is 10.4. The van der Waals surface area contributed by atoms with Gasteiger partial charge in [-0.1, -0.05) is 40.3 Å². The zero-order valence-corrected chi connectivity index (χ0v) is 39.0. The van der Waals surface area contributed by atoms with Gasteiger partial charge in [0.25, 0.3) is 5.91 Å². The van der Waals surface area contributed by atoms with Crippen LogP contribution < -0.4 is 10.7 Å². The number of aromatic nitrogens is 4. The van der Waals surface area contributed by atoms with Gasteiger partial charge in [-0.25, -0.2) is 10.3 Å². The Morgan fingerprint density at radius 3 is 2.56 bits per heavy atom. The predicted octanol–water partition coefficient (Wildman–Crippen LogP) is 5.87. The van der Waals surface area contributed by atoms with Crippen LogP contribution >= 0.6 is 0 Å². The predicted molar refractivity (Wildman–Crippen MR) is 245 cm³/mol. The highest BCUT2D eigenvalue weighted by molar-refractivity contribution is 5.96. The van der Waals surface area contributed by atoms with Gasteiger partial charge in [-0.15, -0.1) is 0 Å². The Morgan fingerprint density at radius 2 is 1.89 bits per heavy atom. The van der Waals surface area contributed by atoms with E-state index >= 15 is 0 Å². The van der Waals surface area contributed by atoms with Gasteiger partial charge in [0.2, 0.25) is 17.7 Å². The van der Waals surface area contributed by atoms with Gasteiger partial charge in [0, 0.05) is 80.8 Å². The Hall–Kier alpha value is -5.42. The molecule has 6 rings (SSSR count). The van der Waals surface area contributed by atoms with E-state index in [-0.39, 0.29) is 55.5 Å². The molecule has 16 nitrogen and oxygen atoms in total. The summed E-state index contributed by atoms with van der Waals surface area (Å²) < 4.78 is 9.74. The number of hydrazine groups is 1. The fourth-order valence-corrected chi connectivity index (χ4v) is 9.37. The van der Waals surface area contributed by atoms with Crippen molar-refractivity contribution < 1.29 is 34.1 Å². The van der Waals surface area contributed by atoms with Crippen molar-refractivity contribution in [2.75, 3.05) is 40.4 Å². The second kappa shape index (κ2) is 20.6. The van der Waals surface area contributed by atoms with Crippen LogP contribution in [0.25, 0.3) is 33.3 Å². The summed E-state index contributed by atoms with van der Waals surface area (Å²) >= 11 is 0. The average Bonchev–Trinajstić information content (AvgIpc) is 4.03. The Kier molecular flexibility index (Phi) is 15.5. The minimum absolute atomic E-state index is 0.0432. The number of carbonyl (C=O) groups excluding carboxylic acids is 4. The number of carbonyl (C=O) groups is 4. The molecular weight excluding hydrogens is 815 g/mol. The second-order valence-electron chi connectivity index (χ2n) is 18.5. The molecular formula is C48H67N9O7. The first-order valence-corrected chi connectivity index (χ1v) is 22.5. The highest BCUT2D eigenvalue weighted by Gasteiger charge is 2.39. The summed E-state index contributed by atoms with van der Waals surface area (Å²) in [6.45, 7) is 19.6. The number of hydrogen-bond acceptors (Lipinski definition) is 10. The summed E-state index contributed by atoms with van der Waals surface area (Å²) in [5.41, 5.74) is 9.53. The maximum Gasteiger partial charge on any atom is 0.261 e. The topological polar surface area (TPSA) is 176 Å². The Labute approximate surface area is 376 Å². The Morgan fingerprint density at radius 1 is 1.12 bits per heavy atom. The lowest BCUT2D eigenvalue weighted by atomic mass is 9.84. The van der Waals surface area contributed by atoms with E-state index < -0.39 is 29.3 Å². The van der Waals surface area contributed by atoms with E-state index in [1.807, 2.05) is 40.0 Å². The van der Waals surface area contributed by atoms with Crippen molar-refractivity contribution in [3.05, 3.63) is 72.8 Å². The molecule has 346 valence electrons. The van der Waals surface area contributed by atoms with Crippen molar-refractivity contribution in [3.63, 3.8) is 0 Å². The first-order valence-electron chi connectivity index (χ1n) is 22.5. The van der Waals surface area contributed by atoms with Gasteiger partial charge < -0.3 is 24.4 Å². The van der Waals surface area contributed by atoms with E-state index in [1.54, 1.807) is 41.1 Å². The molecule has 0 spiro atoms. The minimum Gasteiger partial charge on any atom is -0.375 e. The lowest BCUT2D eigenvalue weighted by Gasteiger charge is -2.36. The molecule has 0 unspecified atom stereocenters. The molecule has 3 aromatic heterocycles. The first kappa shape index (κ1) is 48.0. The lowest BCUT2D eigenvalue weighted by molar-refractivity contribution is -0.259. The van der Waals surface area contributed by atoms with Crippen LogP contribution in [0.1, 0.15) is 85.1 Å². The van der Waals surface area contributed by atoms with Crippen LogP contribution in [0.3, 0.4) is 0 Å². The summed E-state index contributed by atoms with van der Waals surface area (Å²) in [7, 11) is 3.29. The summed E-state index contributed by atoms with van der Waals surface area (Å²) in [5.74, 6) is -1.92. The molecule has 2 aliphatic heterocycles. The molecule has 5 heterocycles. The number of aryl methyl sites for hydroxylation is 1. The second-order valence-corrected chi connectivity index (χ2v) is 18.5. The largest absolute Gasteiger partial charge is 0.375 e. The van der Waals surface area contributed by atoms with Gasteiger partial charge >= 0.3 is 0 Å². The zero-order chi connectivity index (χ0) is 46.5. The average molecular weight is 882 g/mol. The molecule has 2 aliphatic rings. The fraction of sp³-hybridized carbons (Fsp3) is 0.542. The van der Waals surface area contributed by atoms with Crippen LogP contribution in [0.4, 0.5) is 0 Å². The molecule has 2 saturated heterocycles. The molecule has 3 N–H and O–H groups in total. The number of methoxy groups -OCH3 is 1. The highest BCUT2D eigenvalue weighted by atomic mass is 17.1. The van der Waals surface area contributed by atoms with Crippen LogP contribution in [0, 0.1) is 17.3 Å². The smallest absolute Gasteiger partial charge is 0.261 e. The Bertz CT molecular complexity index is 2320. The molecule has 64 heavy (non-hydrogen) atoms. The monoisotopic (exact) mass is 882 g/mol. The molecule has 1 aromatic carbocycles. The van der Waals surface area contributed by atoms with Crippen molar-refractivity contribution in [1.29, 1.82) is 0 Å². The molecule has 0 aliphatic carbocycles. The van der Waals surface area contributed by atoms with E-state index in [4.69, 9.17) is 19.7 Å². The van der Waals surface area contributed by atoms with Crippen molar-refractivity contribution in [1.82, 2.24) is 44.9 Å². The zero-order valence-electron chi connectivity index (χ0n) is 39.0. The Balaban J connectivity index is 1.33. The molecule has 4 amide bonds. The van der Waals surface area contributed by atoms with Crippen molar-refractivity contribution in [2.24, 2.45) is 17.3 Å². The minimum atomic E-state index is -1.01. The first-order chi connectivity index (χ1) is 30.5. The number of rotatable bonds is 18. The number of likely N-dealkylation sites (N-methyl/N-ethyl adjacent to an activating group) is 1. The normalized spacial score (nSPS) is 18.3. The number of fused-ring (bicyclic) bond motifs is 1. The van der Waals surface area contributed by atoms with Gasteiger partial charge in [-0.2, -0.15) is 5.10 Å². The molecule has 0 bridgehead atoms. The number of likely N-dealkylation sites (tertiary alicyclic amines) is 1. The molecule has 4 aromatic rings. The van der Waals surface area contributed by atoms with Crippen LogP contribution in [0.5, 0.6) is 0 Å². The standard InChI is InChI=1S/C48H67N9O7/c1-11-41(58)54-22-19-34(26-54)46(60)53(9)43(30(3)4)45(59)51-39(47(61)57-21-14-15-31(5)52-57)28-55-27-35(25-50-55)33-17-18-40-37(23-33)38(24-48(7,8)29-64-62)44(56(40)12-2)36-16-13-20-49-42(36)32(6)63-10/h11,13,16-18,20,23,25,27,30-32,34,39,43,52,62H,1,12,14-15,19,21-22,24,26,28-29H2,2-10H3,(H,51,59)/t31-,32+,34+,39+,43+/m1/s1. The van der Waals surface area contributed by atoms with Crippen LogP contribution in [-0.4, -0.2) is 122 Å². The summed E-state index contributed by atoms with van der Waals surface area (Å²) in [6, 6.07) is 8.55. The van der Waals surface area contributed by atoms with E-state index in [0.717, 1.165) is 57.4 Å². The number of nitrogens with zero attached hydrogens (tertiary/aromatic N) is 7. The third-order valence-electron chi connectivity index (χ3n) is 12.7.